The fourth-order valence-electron chi connectivity index (χ4n) is 3.03. The van der Waals surface area contributed by atoms with Crippen molar-refractivity contribution in [1.82, 2.24) is 5.32 Å². The minimum Gasteiger partial charge on any atom is -0.493 e. The zero-order chi connectivity index (χ0) is 18.7. The van der Waals surface area contributed by atoms with Crippen molar-refractivity contribution in [2.24, 2.45) is 0 Å². The zero-order valence-corrected chi connectivity index (χ0v) is 16.3. The number of nitrogens with one attached hydrogen (secondary N) is 1. The van der Waals surface area contributed by atoms with Crippen LogP contribution in [0.5, 0.6) is 5.75 Å². The zero-order valence-electron chi connectivity index (χ0n) is 15.5. The Morgan fingerprint density at radius 1 is 0.926 bits per heavy atom. The third-order valence-corrected chi connectivity index (χ3v) is 5.34. The van der Waals surface area contributed by atoms with Crippen LogP contribution in [0, 0.1) is 12.5 Å². The lowest BCUT2D eigenvalue weighted by atomic mass is 10.1. The first kappa shape index (κ1) is 19.1. The molecule has 0 aliphatic rings. The first-order valence-electron chi connectivity index (χ1n) is 9.39. The molecule has 2 aromatic carbocycles. The molecule has 0 radical (unpaired) electrons. The molecule has 138 valence electrons. The van der Waals surface area contributed by atoms with Gasteiger partial charge in [0.15, 0.2) is 0 Å². The molecule has 1 aromatic heterocycles. The largest absolute Gasteiger partial charge is 0.493 e. The van der Waals surface area contributed by atoms with Crippen LogP contribution in [0.3, 0.4) is 0 Å². The average Bonchev–Trinajstić information content (AvgIpc) is 3.25. The standard InChI is InChI=1S/C24H25NOS/c1-2-25-19-21-14-15-23(22(18-21)24-13-9-17-27-24)26-16-8-4-7-12-20-10-5-3-6-11-20/h1,3,5-6,9-11,13-15,17-18,25H,4,7-8,12,16,19H2. The number of aryl methyl sites for hydroxylation is 1. The van der Waals surface area contributed by atoms with E-state index in [9.17, 15) is 0 Å². The van der Waals surface area contributed by atoms with Gasteiger partial charge in [-0.2, -0.15) is 0 Å². The van der Waals surface area contributed by atoms with Crippen molar-refractivity contribution < 1.29 is 4.74 Å². The van der Waals surface area contributed by atoms with Gasteiger partial charge in [0.25, 0.3) is 0 Å². The molecule has 0 amide bonds. The van der Waals surface area contributed by atoms with Gasteiger partial charge in [-0.1, -0.05) is 48.9 Å². The molecule has 0 unspecified atom stereocenters. The van der Waals surface area contributed by atoms with Gasteiger partial charge in [-0.25, -0.2) is 0 Å². The van der Waals surface area contributed by atoms with Crippen LogP contribution in [0.4, 0.5) is 0 Å². The fourth-order valence-corrected chi connectivity index (χ4v) is 3.77. The van der Waals surface area contributed by atoms with E-state index in [0.29, 0.717) is 6.54 Å². The highest BCUT2D eigenvalue weighted by molar-refractivity contribution is 7.13. The van der Waals surface area contributed by atoms with Crippen LogP contribution in [0.25, 0.3) is 10.4 Å². The van der Waals surface area contributed by atoms with E-state index in [1.807, 2.05) is 0 Å². The van der Waals surface area contributed by atoms with Gasteiger partial charge in [0.1, 0.15) is 5.75 Å². The summed E-state index contributed by atoms with van der Waals surface area (Å²) in [5, 5.41) is 5.02. The third-order valence-electron chi connectivity index (χ3n) is 4.44. The van der Waals surface area contributed by atoms with E-state index >= 15 is 0 Å². The van der Waals surface area contributed by atoms with Gasteiger partial charge in [-0.3, -0.25) is 0 Å². The molecular formula is C24H25NOS. The maximum Gasteiger partial charge on any atom is 0.127 e. The lowest BCUT2D eigenvalue weighted by molar-refractivity contribution is 0.306. The molecule has 2 nitrogen and oxygen atoms in total. The molecular weight excluding hydrogens is 350 g/mol. The normalized spacial score (nSPS) is 10.3. The molecule has 0 aliphatic carbocycles. The van der Waals surface area contributed by atoms with E-state index in [1.165, 1.54) is 23.3 Å². The molecule has 0 fully saturated rings. The molecule has 3 heteroatoms. The molecule has 1 heterocycles. The Morgan fingerprint density at radius 2 is 1.81 bits per heavy atom. The highest BCUT2D eigenvalue weighted by atomic mass is 32.1. The topological polar surface area (TPSA) is 21.3 Å². The van der Waals surface area contributed by atoms with Crippen LogP contribution in [-0.2, 0) is 13.0 Å². The summed E-state index contributed by atoms with van der Waals surface area (Å²) in [6.07, 6.45) is 9.87. The van der Waals surface area contributed by atoms with Crippen molar-refractivity contribution in [3.63, 3.8) is 0 Å². The van der Waals surface area contributed by atoms with Crippen molar-refractivity contribution >= 4 is 11.3 Å². The SMILES string of the molecule is C#CNCc1ccc(OCCCCCc2ccccc2)c(-c2cccs2)c1. The van der Waals surface area contributed by atoms with Gasteiger partial charge in [0.2, 0.25) is 0 Å². The van der Waals surface area contributed by atoms with Crippen LogP contribution < -0.4 is 10.1 Å². The number of rotatable bonds is 10. The number of thiophene rings is 1. The summed E-state index contributed by atoms with van der Waals surface area (Å²) < 4.78 is 6.12. The molecule has 1 N–H and O–H groups in total. The van der Waals surface area contributed by atoms with E-state index in [0.717, 1.165) is 36.3 Å². The van der Waals surface area contributed by atoms with Crippen molar-refractivity contribution in [2.45, 2.75) is 32.2 Å². The van der Waals surface area contributed by atoms with Crippen molar-refractivity contribution in [2.75, 3.05) is 6.61 Å². The predicted octanol–water partition coefficient (Wildman–Crippen LogP) is 5.89. The smallest absolute Gasteiger partial charge is 0.127 e. The van der Waals surface area contributed by atoms with Crippen molar-refractivity contribution in [3.05, 3.63) is 77.2 Å². The Morgan fingerprint density at radius 3 is 2.59 bits per heavy atom. The number of ether oxygens (including phenoxy) is 1. The first-order valence-corrected chi connectivity index (χ1v) is 10.3. The third kappa shape index (κ3) is 5.91. The second kappa shape index (κ2) is 10.4. The second-order valence-electron chi connectivity index (χ2n) is 6.45. The highest BCUT2D eigenvalue weighted by Gasteiger charge is 2.09. The monoisotopic (exact) mass is 375 g/mol. The van der Waals surface area contributed by atoms with Crippen LogP contribution >= 0.6 is 11.3 Å². The van der Waals surface area contributed by atoms with Gasteiger partial charge >= 0.3 is 0 Å². The molecule has 27 heavy (non-hydrogen) atoms. The van der Waals surface area contributed by atoms with E-state index < -0.39 is 0 Å². The van der Waals surface area contributed by atoms with E-state index in [-0.39, 0.29) is 0 Å². The second-order valence-corrected chi connectivity index (χ2v) is 7.40. The predicted molar refractivity (Wildman–Crippen MR) is 115 cm³/mol. The maximum absolute atomic E-state index is 6.12. The van der Waals surface area contributed by atoms with Gasteiger partial charge in [-0.15, -0.1) is 11.3 Å². The summed E-state index contributed by atoms with van der Waals surface area (Å²) in [6.45, 7) is 1.41. The fraction of sp³-hybridized carbons (Fsp3) is 0.250. The van der Waals surface area contributed by atoms with E-state index in [4.69, 9.17) is 11.2 Å². The van der Waals surface area contributed by atoms with Gasteiger partial charge in [0.05, 0.1) is 6.61 Å². The Kier molecular flexibility index (Phi) is 7.38. The van der Waals surface area contributed by atoms with Gasteiger partial charge in [0, 0.05) is 23.0 Å². The number of terminal acetylenes is 1. The number of unbranched alkanes of at least 4 members (excludes halogenated alkanes) is 2. The Bertz CT molecular complexity index is 850. The summed E-state index contributed by atoms with van der Waals surface area (Å²) in [6, 6.07) is 23.6. The molecule has 0 saturated heterocycles. The molecule has 0 saturated carbocycles. The van der Waals surface area contributed by atoms with E-state index in [2.05, 4.69) is 77.4 Å². The van der Waals surface area contributed by atoms with E-state index in [1.54, 1.807) is 11.3 Å². The lowest BCUT2D eigenvalue weighted by Crippen LogP contribution is -2.05. The summed E-state index contributed by atoms with van der Waals surface area (Å²) in [7, 11) is 0. The quantitative estimate of drug-likeness (QED) is 0.271. The molecule has 0 bridgehead atoms. The molecule has 3 aromatic rings. The van der Waals surface area contributed by atoms with Crippen LogP contribution in [0.2, 0.25) is 0 Å². The molecule has 3 rings (SSSR count). The summed E-state index contributed by atoms with van der Waals surface area (Å²) in [5.41, 5.74) is 3.71. The van der Waals surface area contributed by atoms with Crippen LogP contribution in [-0.4, -0.2) is 6.61 Å². The summed E-state index contributed by atoms with van der Waals surface area (Å²) in [5.74, 6) is 0.949. The Hall–Kier alpha value is -2.70. The maximum atomic E-state index is 6.12. The summed E-state index contributed by atoms with van der Waals surface area (Å²) >= 11 is 1.73. The molecule has 0 atom stereocenters. The minimum absolute atomic E-state index is 0.661. The van der Waals surface area contributed by atoms with Crippen LogP contribution in [0.15, 0.2) is 66.0 Å². The number of benzene rings is 2. The molecule has 0 aliphatic heterocycles. The number of hydrogen-bond acceptors (Lipinski definition) is 3. The van der Waals surface area contributed by atoms with Gasteiger partial charge in [-0.05, 0) is 60.4 Å². The number of hydrogen-bond donors (Lipinski definition) is 1. The molecule has 0 spiro atoms. The summed E-state index contributed by atoms with van der Waals surface area (Å²) in [4.78, 5) is 1.22. The van der Waals surface area contributed by atoms with Crippen molar-refractivity contribution in [1.29, 1.82) is 0 Å². The minimum atomic E-state index is 0.661. The lowest BCUT2D eigenvalue weighted by Gasteiger charge is -2.12. The average molecular weight is 376 g/mol. The van der Waals surface area contributed by atoms with Crippen LogP contribution in [0.1, 0.15) is 30.4 Å². The first-order chi connectivity index (χ1) is 13.4. The highest BCUT2D eigenvalue weighted by Crippen LogP contribution is 2.34. The van der Waals surface area contributed by atoms with Gasteiger partial charge < -0.3 is 10.1 Å². The Balaban J connectivity index is 1.52. The van der Waals surface area contributed by atoms with Crippen molar-refractivity contribution in [3.8, 4) is 28.7 Å². The Labute approximate surface area is 166 Å².